The summed E-state index contributed by atoms with van der Waals surface area (Å²) in [4.78, 5) is 12.3. The number of ether oxygens (including phenoxy) is 1. The highest BCUT2D eigenvalue weighted by molar-refractivity contribution is 5.90. The Kier molecular flexibility index (Phi) is 2.91. The van der Waals surface area contributed by atoms with Gasteiger partial charge in [0.1, 0.15) is 5.60 Å². The molecule has 2 saturated carbocycles. The topological polar surface area (TPSA) is 26.3 Å². The van der Waals surface area contributed by atoms with Crippen molar-refractivity contribution in [2.45, 2.75) is 57.0 Å². The number of hydrogen-bond acceptors (Lipinski definition) is 2. The average molecular weight is 196 g/mol. The molecule has 0 heterocycles. The van der Waals surface area contributed by atoms with Crippen molar-refractivity contribution in [3.8, 4) is 0 Å². The van der Waals surface area contributed by atoms with Gasteiger partial charge in [0, 0.05) is 13.0 Å². The summed E-state index contributed by atoms with van der Waals surface area (Å²) in [5.41, 5.74) is -0.380. The second-order valence-electron chi connectivity index (χ2n) is 4.75. The maximum absolute atomic E-state index is 12.3. The molecule has 2 rings (SSSR count). The van der Waals surface area contributed by atoms with E-state index in [4.69, 9.17) is 4.74 Å². The van der Waals surface area contributed by atoms with Gasteiger partial charge in [0.15, 0.2) is 5.78 Å². The molecular formula is C12H20O2. The van der Waals surface area contributed by atoms with E-state index in [0.717, 1.165) is 38.5 Å². The molecule has 0 N–H and O–H groups in total. The van der Waals surface area contributed by atoms with Gasteiger partial charge in [-0.25, -0.2) is 0 Å². The van der Waals surface area contributed by atoms with Crippen LogP contribution in [0, 0.1) is 5.92 Å². The van der Waals surface area contributed by atoms with E-state index in [2.05, 4.69) is 0 Å². The van der Waals surface area contributed by atoms with E-state index in [1.165, 1.54) is 12.8 Å². The number of carbonyl (C=O) groups excluding carboxylic acids is 1. The van der Waals surface area contributed by atoms with E-state index in [-0.39, 0.29) is 5.60 Å². The van der Waals surface area contributed by atoms with Gasteiger partial charge in [-0.05, 0) is 38.5 Å². The first-order chi connectivity index (χ1) is 6.78. The minimum atomic E-state index is -0.380. The van der Waals surface area contributed by atoms with Crippen LogP contribution in [0.15, 0.2) is 0 Å². The number of ketones is 1. The van der Waals surface area contributed by atoms with Crippen LogP contribution in [-0.4, -0.2) is 18.5 Å². The van der Waals surface area contributed by atoms with Crippen molar-refractivity contribution in [3.63, 3.8) is 0 Å². The minimum absolute atomic E-state index is 0.313. The van der Waals surface area contributed by atoms with Crippen molar-refractivity contribution in [1.82, 2.24) is 0 Å². The van der Waals surface area contributed by atoms with E-state index in [0.29, 0.717) is 11.7 Å². The van der Waals surface area contributed by atoms with Crippen LogP contribution in [0.4, 0.5) is 0 Å². The number of hydrogen-bond donors (Lipinski definition) is 0. The molecule has 14 heavy (non-hydrogen) atoms. The monoisotopic (exact) mass is 196 g/mol. The summed E-state index contributed by atoms with van der Waals surface area (Å²) in [6, 6.07) is 0. The van der Waals surface area contributed by atoms with Crippen LogP contribution in [0.5, 0.6) is 0 Å². The molecule has 0 spiro atoms. The molecule has 0 bridgehead atoms. The lowest BCUT2D eigenvalue weighted by atomic mass is 9.86. The van der Waals surface area contributed by atoms with E-state index in [1.54, 1.807) is 7.11 Å². The van der Waals surface area contributed by atoms with Crippen molar-refractivity contribution in [2.75, 3.05) is 7.11 Å². The minimum Gasteiger partial charge on any atom is -0.370 e. The number of rotatable bonds is 3. The van der Waals surface area contributed by atoms with Crippen molar-refractivity contribution in [1.29, 1.82) is 0 Å². The van der Waals surface area contributed by atoms with Gasteiger partial charge in [0.05, 0.1) is 0 Å². The summed E-state index contributed by atoms with van der Waals surface area (Å²) < 4.78 is 5.52. The lowest BCUT2D eigenvalue weighted by Gasteiger charge is -2.28. The van der Waals surface area contributed by atoms with Crippen molar-refractivity contribution < 1.29 is 9.53 Å². The third kappa shape index (κ3) is 1.60. The van der Waals surface area contributed by atoms with Gasteiger partial charge in [-0.2, -0.15) is 0 Å². The SMILES string of the molecule is COC1(C(=O)C2CCCC2)CCCC1. The van der Waals surface area contributed by atoms with Crippen LogP contribution < -0.4 is 0 Å². The second kappa shape index (κ2) is 4.01. The lowest BCUT2D eigenvalue weighted by Crippen LogP contribution is -2.41. The van der Waals surface area contributed by atoms with Crippen molar-refractivity contribution in [2.24, 2.45) is 5.92 Å². The predicted molar refractivity (Wildman–Crippen MR) is 55.2 cm³/mol. The third-order valence-electron chi connectivity index (χ3n) is 3.98. The zero-order chi connectivity index (χ0) is 10.0. The van der Waals surface area contributed by atoms with Gasteiger partial charge in [0.25, 0.3) is 0 Å². The van der Waals surface area contributed by atoms with E-state index < -0.39 is 0 Å². The fourth-order valence-electron chi connectivity index (χ4n) is 3.06. The Morgan fingerprint density at radius 2 is 1.71 bits per heavy atom. The molecule has 0 radical (unpaired) electrons. The van der Waals surface area contributed by atoms with Crippen LogP contribution in [-0.2, 0) is 9.53 Å². The van der Waals surface area contributed by atoms with Gasteiger partial charge in [-0.1, -0.05) is 12.8 Å². The Balaban J connectivity index is 2.06. The molecule has 0 saturated heterocycles. The first kappa shape index (κ1) is 10.2. The Hall–Kier alpha value is -0.370. The summed E-state index contributed by atoms with van der Waals surface area (Å²) >= 11 is 0. The van der Waals surface area contributed by atoms with Gasteiger partial charge >= 0.3 is 0 Å². The predicted octanol–water partition coefficient (Wildman–Crippen LogP) is 2.70. The second-order valence-corrected chi connectivity index (χ2v) is 4.75. The molecule has 2 heteroatoms. The summed E-state index contributed by atoms with van der Waals surface area (Å²) in [5, 5.41) is 0. The summed E-state index contributed by atoms with van der Waals surface area (Å²) in [6.45, 7) is 0. The van der Waals surface area contributed by atoms with Gasteiger partial charge in [0.2, 0.25) is 0 Å². The van der Waals surface area contributed by atoms with Crippen LogP contribution in [0.3, 0.4) is 0 Å². The molecule has 2 aliphatic carbocycles. The molecular weight excluding hydrogens is 176 g/mol. The Morgan fingerprint density at radius 3 is 2.21 bits per heavy atom. The van der Waals surface area contributed by atoms with Crippen LogP contribution >= 0.6 is 0 Å². The first-order valence-corrected chi connectivity index (χ1v) is 5.88. The molecule has 0 unspecified atom stereocenters. The zero-order valence-electron chi connectivity index (χ0n) is 9.05. The van der Waals surface area contributed by atoms with E-state index >= 15 is 0 Å². The van der Waals surface area contributed by atoms with E-state index in [9.17, 15) is 4.79 Å². The molecule has 0 amide bonds. The summed E-state index contributed by atoms with van der Waals surface area (Å²) in [6.07, 6.45) is 8.90. The Bertz CT molecular complexity index is 210. The quantitative estimate of drug-likeness (QED) is 0.693. The average Bonchev–Trinajstić information content (AvgIpc) is 2.89. The smallest absolute Gasteiger partial charge is 0.167 e. The van der Waals surface area contributed by atoms with Crippen molar-refractivity contribution >= 4 is 5.78 Å². The maximum Gasteiger partial charge on any atom is 0.167 e. The van der Waals surface area contributed by atoms with Crippen LogP contribution in [0.1, 0.15) is 51.4 Å². The zero-order valence-corrected chi connectivity index (χ0v) is 9.05. The van der Waals surface area contributed by atoms with Crippen molar-refractivity contribution in [3.05, 3.63) is 0 Å². The molecule has 2 nitrogen and oxygen atoms in total. The molecule has 0 atom stereocenters. The highest BCUT2D eigenvalue weighted by Gasteiger charge is 2.44. The third-order valence-corrected chi connectivity index (χ3v) is 3.98. The largest absolute Gasteiger partial charge is 0.370 e. The Labute approximate surface area is 86.0 Å². The van der Waals surface area contributed by atoms with Crippen LogP contribution in [0.25, 0.3) is 0 Å². The van der Waals surface area contributed by atoms with Gasteiger partial charge in [-0.15, -0.1) is 0 Å². The highest BCUT2D eigenvalue weighted by Crippen LogP contribution is 2.39. The number of Topliss-reactive ketones (excluding diaryl/α,β-unsaturated/α-hetero) is 1. The van der Waals surface area contributed by atoms with Gasteiger partial charge < -0.3 is 4.74 Å². The highest BCUT2D eigenvalue weighted by atomic mass is 16.5. The fraction of sp³-hybridized carbons (Fsp3) is 0.917. The number of methoxy groups -OCH3 is 1. The molecule has 80 valence electrons. The van der Waals surface area contributed by atoms with E-state index in [1.807, 2.05) is 0 Å². The maximum atomic E-state index is 12.3. The first-order valence-electron chi connectivity index (χ1n) is 5.88. The lowest BCUT2D eigenvalue weighted by molar-refractivity contribution is -0.144. The molecule has 0 aromatic carbocycles. The standard InChI is InChI=1S/C12H20O2/c1-14-12(8-4-5-9-12)11(13)10-6-2-3-7-10/h10H,2-9H2,1H3. The van der Waals surface area contributed by atoms with Crippen LogP contribution in [0.2, 0.25) is 0 Å². The molecule has 0 aromatic rings. The molecule has 0 aromatic heterocycles. The molecule has 0 aliphatic heterocycles. The van der Waals surface area contributed by atoms with Gasteiger partial charge in [-0.3, -0.25) is 4.79 Å². The fourth-order valence-corrected chi connectivity index (χ4v) is 3.06. The number of carbonyl (C=O) groups is 1. The summed E-state index contributed by atoms with van der Waals surface area (Å²) in [5.74, 6) is 0.725. The normalized spacial score (nSPS) is 26.9. The molecule has 2 aliphatic rings. The summed E-state index contributed by atoms with van der Waals surface area (Å²) in [7, 11) is 1.71. The molecule has 2 fully saturated rings. The Morgan fingerprint density at radius 1 is 1.14 bits per heavy atom.